The highest BCUT2D eigenvalue weighted by Gasteiger charge is 2.12. The Labute approximate surface area is 342 Å². The first kappa shape index (κ1) is 43.2. The van der Waals surface area contributed by atoms with Gasteiger partial charge in [0.25, 0.3) is 0 Å². The fourth-order valence-electron chi connectivity index (χ4n) is 5.01. The number of primary amides is 2. The number of hydrogen-bond acceptors (Lipinski definition) is 9. The minimum Gasteiger partial charge on any atom is -0.489 e. The molecule has 0 saturated carbocycles. The zero-order valence-electron chi connectivity index (χ0n) is 30.6. The molecular formula is C43H38BIN2O10. The topological polar surface area (TPSA) is 209 Å². The average molecular weight is 880 g/mol. The Morgan fingerprint density at radius 1 is 0.579 bits per heavy atom. The van der Waals surface area contributed by atoms with E-state index in [4.69, 9.17) is 36.1 Å². The quantitative estimate of drug-likeness (QED) is 0.0563. The number of carbonyl (C=O) groups excluding carboxylic acids is 3. The van der Waals surface area contributed by atoms with Crippen molar-refractivity contribution in [1.82, 2.24) is 0 Å². The second-order valence-corrected chi connectivity index (χ2v) is 13.3. The highest BCUT2D eigenvalue weighted by molar-refractivity contribution is 14.1. The number of amides is 2. The van der Waals surface area contributed by atoms with Crippen molar-refractivity contribution in [2.75, 3.05) is 7.11 Å². The maximum absolute atomic E-state index is 11.4. The molecule has 6 rings (SSSR count). The first-order valence-corrected chi connectivity index (χ1v) is 18.2. The number of halogens is 1. The molecule has 57 heavy (non-hydrogen) atoms. The number of benzene rings is 6. The lowest BCUT2D eigenvalue weighted by Crippen LogP contribution is -2.30. The Bertz CT molecular complexity index is 2300. The molecule has 0 saturated heterocycles. The van der Waals surface area contributed by atoms with Gasteiger partial charge in [-0.3, -0.25) is 9.59 Å². The number of aromatic carboxylic acids is 1. The number of methoxy groups -OCH3 is 1. The third kappa shape index (κ3) is 14.0. The minimum absolute atomic E-state index is 0.232. The van der Waals surface area contributed by atoms with Gasteiger partial charge in [-0.15, -0.1) is 0 Å². The minimum atomic E-state index is -1.57. The van der Waals surface area contributed by atoms with Crippen molar-refractivity contribution in [2.45, 2.75) is 13.2 Å². The molecule has 6 aromatic carbocycles. The van der Waals surface area contributed by atoms with Gasteiger partial charge in [-0.2, -0.15) is 0 Å². The third-order valence-corrected chi connectivity index (χ3v) is 8.67. The highest BCUT2D eigenvalue weighted by atomic mass is 127. The molecule has 0 atom stereocenters. The Hall–Kier alpha value is -6.49. The van der Waals surface area contributed by atoms with Crippen LogP contribution in [0.5, 0.6) is 11.5 Å². The van der Waals surface area contributed by atoms with Crippen LogP contribution in [0, 0.1) is 3.57 Å². The van der Waals surface area contributed by atoms with Crippen LogP contribution in [0.15, 0.2) is 146 Å². The summed E-state index contributed by atoms with van der Waals surface area (Å²) in [7, 11) is -0.193. The first-order valence-electron chi connectivity index (χ1n) is 17.1. The molecule has 0 bridgehead atoms. The summed E-state index contributed by atoms with van der Waals surface area (Å²) in [6.07, 6.45) is 0. The summed E-state index contributed by atoms with van der Waals surface area (Å²) in [6, 6.07) is 42.1. The lowest BCUT2D eigenvalue weighted by atomic mass is 9.79. The number of nitrogens with two attached hydrogens (primary N) is 2. The van der Waals surface area contributed by atoms with E-state index >= 15 is 0 Å². The van der Waals surface area contributed by atoms with Gasteiger partial charge in [-0.25, -0.2) is 9.59 Å². The number of esters is 1. The van der Waals surface area contributed by atoms with Crippen molar-refractivity contribution < 1.29 is 48.5 Å². The zero-order valence-corrected chi connectivity index (χ0v) is 32.7. The van der Waals surface area contributed by atoms with E-state index in [-0.39, 0.29) is 29.2 Å². The van der Waals surface area contributed by atoms with Gasteiger partial charge in [0.15, 0.2) is 0 Å². The molecule has 0 unspecified atom stereocenters. The molecule has 290 valence electrons. The van der Waals surface area contributed by atoms with E-state index < -0.39 is 24.9 Å². The van der Waals surface area contributed by atoms with Crippen molar-refractivity contribution in [3.63, 3.8) is 0 Å². The number of carboxylic acids is 1. The van der Waals surface area contributed by atoms with Crippen LogP contribution in [-0.2, 0) is 18.0 Å². The maximum atomic E-state index is 11.4. The largest absolute Gasteiger partial charge is 0.489 e. The van der Waals surface area contributed by atoms with Crippen LogP contribution in [0.3, 0.4) is 0 Å². The van der Waals surface area contributed by atoms with Crippen molar-refractivity contribution in [3.05, 3.63) is 183 Å². The van der Waals surface area contributed by atoms with Crippen LogP contribution >= 0.6 is 22.6 Å². The summed E-state index contributed by atoms with van der Waals surface area (Å²) in [5.41, 5.74) is 15.6. The van der Waals surface area contributed by atoms with E-state index in [9.17, 15) is 19.2 Å². The Morgan fingerprint density at radius 2 is 1.05 bits per heavy atom. The van der Waals surface area contributed by atoms with Crippen LogP contribution in [0.1, 0.15) is 52.6 Å². The standard InChI is InChI=1S/C21H17NO4.C15H13IO3.C7H8BNO3/c22-20(23)17-5-2-4-16(12-17)15-7-9-19(10-8-15)26-13-14-3-1-6-18(11-14)21(24)25;1-18-15(17)12-4-2-3-11(9-12)10-19-14-7-5-13(16)6-8-14;9-7(10)5-2-1-3-6(4-5)8(11)12/h1-12H,13H2,(H2,22,23)(H,24,25);2-9H,10H2,1H3;1-4,11-12H,(H2,9,10). The van der Waals surface area contributed by atoms with Crippen LogP contribution in [0.2, 0.25) is 0 Å². The Morgan fingerprint density at radius 3 is 1.58 bits per heavy atom. The van der Waals surface area contributed by atoms with Crippen molar-refractivity contribution >= 4 is 58.9 Å². The van der Waals surface area contributed by atoms with E-state index in [1.54, 1.807) is 48.5 Å². The molecule has 0 aliphatic heterocycles. The van der Waals surface area contributed by atoms with Crippen LogP contribution in [0.25, 0.3) is 11.1 Å². The smallest absolute Gasteiger partial charge is 0.488 e. The highest BCUT2D eigenvalue weighted by Crippen LogP contribution is 2.24. The molecule has 12 nitrogen and oxygen atoms in total. The van der Waals surface area contributed by atoms with E-state index in [1.807, 2.05) is 72.8 Å². The monoisotopic (exact) mass is 880 g/mol. The molecule has 0 aliphatic rings. The van der Waals surface area contributed by atoms with Crippen molar-refractivity contribution in [2.24, 2.45) is 11.5 Å². The summed E-state index contributed by atoms with van der Waals surface area (Å²) in [5.74, 6) is -0.872. The predicted molar refractivity (Wildman–Crippen MR) is 224 cm³/mol. The normalized spacial score (nSPS) is 10.0. The SMILES string of the molecule is COC(=O)c1cccc(COc2ccc(I)cc2)c1.NC(=O)c1cccc(-c2ccc(OCc3cccc(C(=O)O)c3)cc2)c1.NC(=O)c1cccc(B(O)O)c1. The van der Waals surface area contributed by atoms with E-state index in [0.717, 1.165) is 31.6 Å². The van der Waals surface area contributed by atoms with Gasteiger partial charge in [-0.1, -0.05) is 60.7 Å². The molecule has 0 heterocycles. The van der Waals surface area contributed by atoms with Gasteiger partial charge in [0.1, 0.15) is 24.7 Å². The number of rotatable bonds is 12. The van der Waals surface area contributed by atoms with Gasteiger partial charge >= 0.3 is 19.1 Å². The second-order valence-electron chi connectivity index (χ2n) is 12.1. The molecule has 0 aromatic heterocycles. The molecule has 0 fully saturated rings. The molecule has 0 spiro atoms. The van der Waals surface area contributed by atoms with Gasteiger partial charge < -0.3 is 40.8 Å². The van der Waals surface area contributed by atoms with E-state index in [2.05, 4.69) is 27.3 Å². The molecular weight excluding hydrogens is 842 g/mol. The number of hydrogen-bond donors (Lipinski definition) is 5. The van der Waals surface area contributed by atoms with Crippen LogP contribution in [-0.4, -0.2) is 53.1 Å². The lowest BCUT2D eigenvalue weighted by molar-refractivity contribution is 0.0599. The van der Waals surface area contributed by atoms with Gasteiger partial charge in [0, 0.05) is 14.7 Å². The van der Waals surface area contributed by atoms with Crippen molar-refractivity contribution in [3.8, 4) is 22.6 Å². The first-order chi connectivity index (χ1) is 27.3. The number of carboxylic acid groups (broad SMARTS) is 1. The molecule has 0 radical (unpaired) electrons. The fraction of sp³-hybridized carbons (Fsp3) is 0.0698. The maximum Gasteiger partial charge on any atom is 0.488 e. The van der Waals surface area contributed by atoms with Crippen molar-refractivity contribution in [1.29, 1.82) is 0 Å². The number of carbonyl (C=O) groups is 4. The molecule has 2 amide bonds. The van der Waals surface area contributed by atoms with Crippen LogP contribution in [0.4, 0.5) is 0 Å². The Kier molecular flexibility index (Phi) is 16.4. The summed E-state index contributed by atoms with van der Waals surface area (Å²) in [5, 5.41) is 26.5. The summed E-state index contributed by atoms with van der Waals surface area (Å²) < 4.78 is 17.2. The van der Waals surface area contributed by atoms with Gasteiger partial charge in [0.2, 0.25) is 11.8 Å². The average Bonchev–Trinajstić information content (AvgIpc) is 3.23. The third-order valence-electron chi connectivity index (χ3n) is 7.95. The number of ether oxygens (including phenoxy) is 3. The van der Waals surface area contributed by atoms with Gasteiger partial charge in [-0.05, 0) is 135 Å². The predicted octanol–water partition coefficient (Wildman–Crippen LogP) is 5.85. The second kappa shape index (κ2) is 21.6. The lowest BCUT2D eigenvalue weighted by Gasteiger charge is -2.09. The zero-order chi connectivity index (χ0) is 41.3. The van der Waals surface area contributed by atoms with Gasteiger partial charge in [0.05, 0.1) is 18.2 Å². The molecule has 0 aliphatic carbocycles. The van der Waals surface area contributed by atoms with Crippen LogP contribution < -0.4 is 26.4 Å². The fourth-order valence-corrected chi connectivity index (χ4v) is 5.37. The summed E-state index contributed by atoms with van der Waals surface area (Å²) in [4.78, 5) is 44.3. The molecule has 14 heteroatoms. The Balaban J connectivity index is 0.000000204. The van der Waals surface area contributed by atoms with E-state index in [0.29, 0.717) is 23.5 Å². The summed E-state index contributed by atoms with van der Waals surface area (Å²) >= 11 is 2.25. The molecule has 6 aromatic rings. The molecule has 7 N–H and O–H groups in total. The summed E-state index contributed by atoms with van der Waals surface area (Å²) in [6.45, 7) is 0.697. The van der Waals surface area contributed by atoms with E-state index in [1.165, 1.54) is 31.4 Å².